The Morgan fingerprint density at radius 1 is 1.22 bits per heavy atom. The molecule has 3 rings (SSSR count). The molecule has 1 fully saturated rings. The predicted octanol–water partition coefficient (Wildman–Crippen LogP) is 1.26. The van der Waals surface area contributed by atoms with Crippen LogP contribution < -0.4 is 10.9 Å². The van der Waals surface area contributed by atoms with Gasteiger partial charge in [-0.2, -0.15) is 0 Å². The second-order valence-electron chi connectivity index (χ2n) is 5.67. The molecule has 0 unspecified atom stereocenters. The van der Waals surface area contributed by atoms with Gasteiger partial charge in [-0.05, 0) is 55.3 Å². The van der Waals surface area contributed by atoms with Crippen molar-refractivity contribution in [3.05, 3.63) is 52.7 Å². The second kappa shape index (κ2) is 7.19. The largest absolute Gasteiger partial charge is 0.351 e. The van der Waals surface area contributed by atoms with Crippen LogP contribution in [-0.2, 0) is 0 Å². The van der Waals surface area contributed by atoms with Crippen LogP contribution in [0, 0.1) is 0 Å². The molecule has 23 heavy (non-hydrogen) atoms. The highest BCUT2D eigenvalue weighted by atomic mass is 16.2. The van der Waals surface area contributed by atoms with Crippen LogP contribution in [0.15, 0.2) is 41.6 Å². The van der Waals surface area contributed by atoms with Gasteiger partial charge in [0.2, 0.25) is 0 Å². The van der Waals surface area contributed by atoms with Crippen molar-refractivity contribution in [1.29, 1.82) is 0 Å². The minimum atomic E-state index is -0.374. The minimum absolute atomic E-state index is 0.140. The Morgan fingerprint density at radius 3 is 2.70 bits per heavy atom. The van der Waals surface area contributed by atoms with Gasteiger partial charge < -0.3 is 15.2 Å². The number of rotatable bonds is 5. The van der Waals surface area contributed by atoms with Crippen molar-refractivity contribution in [1.82, 2.24) is 20.2 Å². The topological polar surface area (TPSA) is 78.1 Å². The number of carbonyl (C=O) groups excluding carboxylic acids is 1. The van der Waals surface area contributed by atoms with E-state index in [-0.39, 0.29) is 17.0 Å². The van der Waals surface area contributed by atoms with E-state index in [4.69, 9.17) is 0 Å². The average Bonchev–Trinajstić information content (AvgIpc) is 3.09. The van der Waals surface area contributed by atoms with Crippen molar-refractivity contribution < 1.29 is 4.79 Å². The van der Waals surface area contributed by atoms with Crippen LogP contribution in [-0.4, -0.2) is 47.0 Å². The number of carbonyl (C=O) groups is 1. The van der Waals surface area contributed by atoms with Gasteiger partial charge in [-0.3, -0.25) is 14.6 Å². The van der Waals surface area contributed by atoms with E-state index in [2.05, 4.69) is 20.2 Å². The quantitative estimate of drug-likeness (QED) is 0.871. The normalized spacial score (nSPS) is 14.8. The summed E-state index contributed by atoms with van der Waals surface area (Å²) in [4.78, 5) is 33.1. The zero-order chi connectivity index (χ0) is 16.1. The molecule has 120 valence electrons. The Labute approximate surface area is 134 Å². The van der Waals surface area contributed by atoms with Gasteiger partial charge in [0.05, 0.1) is 0 Å². The molecular weight excluding hydrogens is 292 g/mol. The Balaban J connectivity index is 1.68. The molecule has 1 aliphatic rings. The van der Waals surface area contributed by atoms with Crippen LogP contribution in [0.5, 0.6) is 0 Å². The summed E-state index contributed by atoms with van der Waals surface area (Å²) in [6, 6.07) is 5.30. The van der Waals surface area contributed by atoms with Crippen molar-refractivity contribution in [2.24, 2.45) is 0 Å². The summed E-state index contributed by atoms with van der Waals surface area (Å²) in [5.41, 5.74) is 1.46. The second-order valence-corrected chi connectivity index (χ2v) is 5.67. The standard InChI is InChI=1S/C17H20N4O2/c22-16(19-7-10-21-8-1-2-9-21)15-11-14(12-20-17(15)23)13-3-5-18-6-4-13/h3-6,11-12H,1-2,7-10H2,(H,19,22)(H,20,23). The Hall–Kier alpha value is -2.47. The molecule has 0 radical (unpaired) electrons. The summed E-state index contributed by atoms with van der Waals surface area (Å²) in [5, 5.41) is 2.83. The lowest BCUT2D eigenvalue weighted by molar-refractivity contribution is 0.0948. The van der Waals surface area contributed by atoms with Crippen molar-refractivity contribution >= 4 is 5.91 Å². The summed E-state index contributed by atoms with van der Waals surface area (Å²) < 4.78 is 0. The van der Waals surface area contributed by atoms with Gasteiger partial charge in [0, 0.05) is 31.7 Å². The van der Waals surface area contributed by atoms with Gasteiger partial charge in [-0.1, -0.05) is 0 Å². The molecule has 0 spiro atoms. The molecule has 2 aromatic heterocycles. The number of aromatic amines is 1. The molecule has 6 nitrogen and oxygen atoms in total. The summed E-state index contributed by atoms with van der Waals surface area (Å²) in [6.07, 6.45) is 7.41. The smallest absolute Gasteiger partial charge is 0.260 e. The highest BCUT2D eigenvalue weighted by Crippen LogP contribution is 2.16. The van der Waals surface area contributed by atoms with Crippen LogP contribution in [0.25, 0.3) is 11.1 Å². The number of likely N-dealkylation sites (tertiary alicyclic amines) is 1. The van der Waals surface area contributed by atoms with Crippen LogP contribution >= 0.6 is 0 Å². The van der Waals surface area contributed by atoms with E-state index in [1.807, 2.05) is 12.1 Å². The van der Waals surface area contributed by atoms with Crippen molar-refractivity contribution in [2.45, 2.75) is 12.8 Å². The van der Waals surface area contributed by atoms with Gasteiger partial charge in [0.1, 0.15) is 5.56 Å². The first-order valence-corrected chi connectivity index (χ1v) is 7.88. The number of hydrogen-bond donors (Lipinski definition) is 2. The summed E-state index contributed by atoms with van der Waals surface area (Å²) in [7, 11) is 0. The zero-order valence-electron chi connectivity index (χ0n) is 12.9. The number of pyridine rings is 2. The van der Waals surface area contributed by atoms with Gasteiger partial charge in [0.15, 0.2) is 0 Å². The third-order valence-electron chi connectivity index (χ3n) is 4.07. The van der Waals surface area contributed by atoms with Crippen LogP contribution in [0.2, 0.25) is 0 Å². The zero-order valence-corrected chi connectivity index (χ0v) is 12.9. The molecule has 2 aromatic rings. The number of hydrogen-bond acceptors (Lipinski definition) is 4. The van der Waals surface area contributed by atoms with Gasteiger partial charge >= 0.3 is 0 Å². The Kier molecular flexibility index (Phi) is 4.83. The fraction of sp³-hybridized carbons (Fsp3) is 0.353. The first kappa shape index (κ1) is 15.4. The monoisotopic (exact) mass is 312 g/mol. The van der Waals surface area contributed by atoms with E-state index >= 15 is 0 Å². The number of nitrogens with one attached hydrogen (secondary N) is 2. The number of amides is 1. The number of aromatic nitrogens is 2. The van der Waals surface area contributed by atoms with E-state index in [9.17, 15) is 9.59 Å². The number of nitrogens with zero attached hydrogens (tertiary/aromatic N) is 2. The molecule has 1 aliphatic heterocycles. The van der Waals surface area contributed by atoms with Crippen molar-refractivity contribution in [3.8, 4) is 11.1 Å². The maximum Gasteiger partial charge on any atom is 0.260 e. The van der Waals surface area contributed by atoms with E-state index in [1.54, 1.807) is 24.7 Å². The molecule has 6 heteroatoms. The maximum absolute atomic E-state index is 12.3. The average molecular weight is 312 g/mol. The maximum atomic E-state index is 12.3. The molecule has 3 heterocycles. The third kappa shape index (κ3) is 3.84. The predicted molar refractivity (Wildman–Crippen MR) is 88.3 cm³/mol. The molecule has 0 aliphatic carbocycles. The van der Waals surface area contributed by atoms with Gasteiger partial charge in [-0.25, -0.2) is 0 Å². The van der Waals surface area contributed by atoms with Crippen molar-refractivity contribution in [2.75, 3.05) is 26.2 Å². The summed E-state index contributed by atoms with van der Waals surface area (Å²) in [5.74, 6) is -0.332. The van der Waals surface area contributed by atoms with E-state index in [1.165, 1.54) is 12.8 Å². The molecule has 2 N–H and O–H groups in total. The highest BCUT2D eigenvalue weighted by molar-refractivity contribution is 5.94. The molecule has 0 aromatic carbocycles. The van der Waals surface area contributed by atoms with E-state index in [0.717, 1.165) is 30.8 Å². The molecule has 1 amide bonds. The van der Waals surface area contributed by atoms with Crippen LogP contribution in [0.3, 0.4) is 0 Å². The summed E-state index contributed by atoms with van der Waals surface area (Å²) in [6.45, 7) is 3.56. The SMILES string of the molecule is O=C(NCCN1CCCC1)c1cc(-c2ccncc2)c[nH]c1=O. The van der Waals surface area contributed by atoms with Crippen LogP contribution in [0.4, 0.5) is 0 Å². The lowest BCUT2D eigenvalue weighted by Crippen LogP contribution is -2.35. The fourth-order valence-corrected chi connectivity index (χ4v) is 2.79. The minimum Gasteiger partial charge on any atom is -0.351 e. The van der Waals surface area contributed by atoms with Gasteiger partial charge in [-0.15, -0.1) is 0 Å². The third-order valence-corrected chi connectivity index (χ3v) is 4.07. The fourth-order valence-electron chi connectivity index (χ4n) is 2.79. The molecule has 0 saturated carbocycles. The number of H-pyrrole nitrogens is 1. The van der Waals surface area contributed by atoms with Crippen LogP contribution in [0.1, 0.15) is 23.2 Å². The molecule has 1 saturated heterocycles. The lowest BCUT2D eigenvalue weighted by Gasteiger charge is -2.14. The first-order valence-electron chi connectivity index (χ1n) is 7.88. The molecule has 0 bridgehead atoms. The molecular formula is C17H20N4O2. The first-order chi connectivity index (χ1) is 11.2. The van der Waals surface area contributed by atoms with E-state index in [0.29, 0.717) is 6.54 Å². The Bertz CT molecular complexity index is 721. The Morgan fingerprint density at radius 2 is 1.96 bits per heavy atom. The van der Waals surface area contributed by atoms with E-state index < -0.39 is 0 Å². The summed E-state index contributed by atoms with van der Waals surface area (Å²) >= 11 is 0. The van der Waals surface area contributed by atoms with Crippen molar-refractivity contribution in [3.63, 3.8) is 0 Å². The van der Waals surface area contributed by atoms with Gasteiger partial charge in [0.25, 0.3) is 11.5 Å². The highest BCUT2D eigenvalue weighted by Gasteiger charge is 2.14. The molecule has 0 atom stereocenters. The lowest BCUT2D eigenvalue weighted by atomic mass is 10.1.